The zero-order chi connectivity index (χ0) is 15.5. The lowest BCUT2D eigenvalue weighted by Crippen LogP contribution is -2.25. The van der Waals surface area contributed by atoms with E-state index in [1.807, 2.05) is 18.2 Å². The number of methoxy groups -OCH3 is 1. The van der Waals surface area contributed by atoms with Gasteiger partial charge >= 0.3 is 0 Å². The molecule has 0 saturated carbocycles. The highest BCUT2D eigenvalue weighted by Crippen LogP contribution is 2.18. The van der Waals surface area contributed by atoms with Gasteiger partial charge in [-0.05, 0) is 30.3 Å². The summed E-state index contributed by atoms with van der Waals surface area (Å²) in [5, 5.41) is 0.496. The zero-order valence-corrected chi connectivity index (χ0v) is 12.2. The van der Waals surface area contributed by atoms with Gasteiger partial charge in [-0.2, -0.15) is 0 Å². The smallest absolute Gasteiger partial charge is 0.261 e. The normalized spacial score (nSPS) is 11.0. The van der Waals surface area contributed by atoms with Crippen LogP contribution in [0.15, 0.2) is 47.4 Å². The Morgan fingerprint density at radius 1 is 1.27 bits per heavy atom. The third kappa shape index (κ3) is 2.56. The van der Waals surface area contributed by atoms with Gasteiger partial charge in [-0.15, -0.1) is 0 Å². The predicted octanol–water partition coefficient (Wildman–Crippen LogP) is 1.69. The van der Waals surface area contributed by atoms with Crippen LogP contribution in [-0.2, 0) is 11.3 Å². The number of ether oxygens (including phenoxy) is 1. The molecule has 0 aliphatic rings. The number of hydrogen-bond acceptors (Lipinski definition) is 5. The fraction of sp³-hybridized carbons (Fsp3) is 0.188. The summed E-state index contributed by atoms with van der Waals surface area (Å²) < 4.78 is 6.67. The molecule has 0 atom stereocenters. The quantitative estimate of drug-likeness (QED) is 0.741. The van der Waals surface area contributed by atoms with E-state index in [0.717, 1.165) is 0 Å². The first-order chi connectivity index (χ1) is 10.7. The molecule has 0 fully saturated rings. The minimum Gasteiger partial charge on any atom is -0.399 e. The van der Waals surface area contributed by atoms with E-state index in [0.29, 0.717) is 41.3 Å². The summed E-state index contributed by atoms with van der Waals surface area (Å²) >= 11 is 0. The molecule has 6 nitrogen and oxygen atoms in total. The minimum atomic E-state index is -0.144. The summed E-state index contributed by atoms with van der Waals surface area (Å²) in [6.45, 7) is 0.814. The fourth-order valence-electron chi connectivity index (χ4n) is 2.32. The summed E-state index contributed by atoms with van der Waals surface area (Å²) in [7, 11) is 1.60. The van der Waals surface area contributed by atoms with Crippen LogP contribution in [0.5, 0.6) is 0 Å². The number of rotatable bonds is 4. The molecule has 2 N–H and O–H groups in total. The van der Waals surface area contributed by atoms with E-state index in [-0.39, 0.29) is 5.56 Å². The lowest BCUT2D eigenvalue weighted by molar-refractivity contribution is 0.186. The Kier molecular flexibility index (Phi) is 3.84. The van der Waals surface area contributed by atoms with Gasteiger partial charge in [-0.25, -0.2) is 4.98 Å². The van der Waals surface area contributed by atoms with Gasteiger partial charge in [0, 0.05) is 19.0 Å². The van der Waals surface area contributed by atoms with Gasteiger partial charge in [0.1, 0.15) is 5.69 Å². The summed E-state index contributed by atoms with van der Waals surface area (Å²) in [4.78, 5) is 21.6. The van der Waals surface area contributed by atoms with Gasteiger partial charge in [0.2, 0.25) is 0 Å². The maximum atomic E-state index is 12.8. The molecule has 112 valence electrons. The first-order valence-corrected chi connectivity index (χ1v) is 6.91. The third-order valence-corrected chi connectivity index (χ3v) is 3.39. The standard InChI is InChI=1S/C16H16N4O2/c1-22-9-8-20-15(14-4-2-3-7-18-14)19-13-6-5-11(17)10-12(13)16(20)21/h2-7,10H,8-9,17H2,1H3. The Bertz CT molecular complexity index is 859. The Balaban J connectivity index is 2.29. The van der Waals surface area contributed by atoms with Gasteiger partial charge < -0.3 is 10.5 Å². The number of anilines is 1. The second-order valence-electron chi connectivity index (χ2n) is 4.88. The number of nitrogens with two attached hydrogens (primary N) is 1. The summed E-state index contributed by atoms with van der Waals surface area (Å²) in [6.07, 6.45) is 1.68. The number of pyridine rings is 1. The molecule has 0 saturated heterocycles. The summed E-state index contributed by atoms with van der Waals surface area (Å²) in [5.41, 5.74) is 7.43. The van der Waals surface area contributed by atoms with E-state index in [1.165, 1.54) is 0 Å². The SMILES string of the molecule is COCCn1c(-c2ccccn2)nc2ccc(N)cc2c1=O. The molecule has 2 heterocycles. The van der Waals surface area contributed by atoms with Gasteiger partial charge in [-0.3, -0.25) is 14.3 Å². The van der Waals surface area contributed by atoms with E-state index in [4.69, 9.17) is 10.5 Å². The topological polar surface area (TPSA) is 83.0 Å². The Labute approximate surface area is 127 Å². The molecular formula is C16H16N4O2. The van der Waals surface area contributed by atoms with Crippen molar-refractivity contribution in [3.05, 3.63) is 52.9 Å². The van der Waals surface area contributed by atoms with E-state index in [2.05, 4.69) is 9.97 Å². The molecule has 6 heteroatoms. The second-order valence-corrected chi connectivity index (χ2v) is 4.88. The molecule has 3 aromatic rings. The molecule has 0 radical (unpaired) electrons. The van der Waals surface area contributed by atoms with E-state index in [1.54, 1.807) is 36.1 Å². The molecule has 0 spiro atoms. The van der Waals surface area contributed by atoms with Gasteiger partial charge in [0.25, 0.3) is 5.56 Å². The van der Waals surface area contributed by atoms with Gasteiger partial charge in [0.05, 0.1) is 24.1 Å². The lowest BCUT2D eigenvalue weighted by Gasteiger charge is -2.13. The van der Waals surface area contributed by atoms with Crippen LogP contribution >= 0.6 is 0 Å². The van der Waals surface area contributed by atoms with Crippen molar-refractivity contribution >= 4 is 16.6 Å². The molecule has 0 bridgehead atoms. The molecule has 3 rings (SSSR count). The van der Waals surface area contributed by atoms with Crippen LogP contribution in [-0.4, -0.2) is 28.3 Å². The van der Waals surface area contributed by atoms with Crippen molar-refractivity contribution in [1.29, 1.82) is 0 Å². The van der Waals surface area contributed by atoms with E-state index in [9.17, 15) is 4.79 Å². The minimum absolute atomic E-state index is 0.144. The van der Waals surface area contributed by atoms with Crippen molar-refractivity contribution in [2.75, 3.05) is 19.5 Å². The van der Waals surface area contributed by atoms with Crippen molar-refractivity contribution in [2.45, 2.75) is 6.54 Å². The molecule has 0 aliphatic carbocycles. The van der Waals surface area contributed by atoms with Crippen LogP contribution in [0.4, 0.5) is 5.69 Å². The predicted molar refractivity (Wildman–Crippen MR) is 85.5 cm³/mol. The number of aromatic nitrogens is 3. The molecule has 0 amide bonds. The summed E-state index contributed by atoms with van der Waals surface area (Å²) in [5.74, 6) is 0.528. The molecule has 1 aromatic carbocycles. The zero-order valence-electron chi connectivity index (χ0n) is 12.2. The van der Waals surface area contributed by atoms with Crippen molar-refractivity contribution in [3.63, 3.8) is 0 Å². The van der Waals surface area contributed by atoms with Crippen LogP contribution in [0.2, 0.25) is 0 Å². The number of fused-ring (bicyclic) bond motifs is 1. The van der Waals surface area contributed by atoms with Crippen LogP contribution in [0, 0.1) is 0 Å². The average Bonchev–Trinajstić information content (AvgIpc) is 2.55. The fourth-order valence-corrected chi connectivity index (χ4v) is 2.32. The van der Waals surface area contributed by atoms with Gasteiger partial charge in [-0.1, -0.05) is 6.07 Å². The molecule has 2 aromatic heterocycles. The largest absolute Gasteiger partial charge is 0.399 e. The highest BCUT2D eigenvalue weighted by Gasteiger charge is 2.13. The monoisotopic (exact) mass is 296 g/mol. The molecule has 0 unspecified atom stereocenters. The van der Waals surface area contributed by atoms with E-state index < -0.39 is 0 Å². The maximum absolute atomic E-state index is 12.8. The molecule has 22 heavy (non-hydrogen) atoms. The molecular weight excluding hydrogens is 280 g/mol. The average molecular weight is 296 g/mol. The third-order valence-electron chi connectivity index (χ3n) is 3.39. The Morgan fingerprint density at radius 2 is 2.14 bits per heavy atom. The van der Waals surface area contributed by atoms with Crippen LogP contribution < -0.4 is 11.3 Å². The highest BCUT2D eigenvalue weighted by molar-refractivity contribution is 5.82. The number of nitrogens with zero attached hydrogens (tertiary/aromatic N) is 3. The lowest BCUT2D eigenvalue weighted by atomic mass is 10.2. The van der Waals surface area contributed by atoms with Crippen molar-refractivity contribution < 1.29 is 4.74 Å². The van der Waals surface area contributed by atoms with Crippen molar-refractivity contribution in [1.82, 2.24) is 14.5 Å². The Hall–Kier alpha value is -2.73. The van der Waals surface area contributed by atoms with E-state index >= 15 is 0 Å². The molecule has 0 aliphatic heterocycles. The first kappa shape index (κ1) is 14.2. The Morgan fingerprint density at radius 3 is 2.86 bits per heavy atom. The van der Waals surface area contributed by atoms with Crippen LogP contribution in [0.3, 0.4) is 0 Å². The van der Waals surface area contributed by atoms with Crippen molar-refractivity contribution in [3.8, 4) is 11.5 Å². The highest BCUT2D eigenvalue weighted by atomic mass is 16.5. The van der Waals surface area contributed by atoms with Crippen LogP contribution in [0.1, 0.15) is 0 Å². The number of hydrogen-bond donors (Lipinski definition) is 1. The second kappa shape index (κ2) is 5.95. The maximum Gasteiger partial charge on any atom is 0.261 e. The number of nitrogen functional groups attached to an aromatic ring is 1. The van der Waals surface area contributed by atoms with Crippen molar-refractivity contribution in [2.24, 2.45) is 0 Å². The van der Waals surface area contributed by atoms with Crippen LogP contribution in [0.25, 0.3) is 22.4 Å². The summed E-state index contributed by atoms with van der Waals surface area (Å²) in [6, 6.07) is 10.6. The number of benzene rings is 1. The van der Waals surface area contributed by atoms with Gasteiger partial charge in [0.15, 0.2) is 5.82 Å². The first-order valence-electron chi connectivity index (χ1n) is 6.91.